The van der Waals surface area contributed by atoms with Crippen molar-refractivity contribution in [3.05, 3.63) is 113 Å². The topological polar surface area (TPSA) is 40.5 Å². The molecule has 0 aliphatic carbocycles. The molecule has 0 spiro atoms. The van der Waals surface area contributed by atoms with Gasteiger partial charge >= 0.3 is 0 Å². The molecule has 3 aromatic carbocycles. The molecule has 0 bridgehead atoms. The molecule has 0 aromatic heterocycles. The Hall–Kier alpha value is -3.33. The van der Waals surface area contributed by atoms with Crippen LogP contribution in [0.3, 0.4) is 0 Å². The average molecular weight is 341 g/mol. The fourth-order valence-electron chi connectivity index (χ4n) is 3.49. The van der Waals surface area contributed by atoms with Crippen molar-refractivity contribution < 1.29 is 9.90 Å². The van der Waals surface area contributed by atoms with Gasteiger partial charge < -0.3 is 10.0 Å². The van der Waals surface area contributed by atoms with Gasteiger partial charge in [0.25, 0.3) is 5.91 Å². The fourth-order valence-corrected chi connectivity index (χ4v) is 3.49. The maximum absolute atomic E-state index is 12.9. The van der Waals surface area contributed by atoms with E-state index >= 15 is 0 Å². The van der Waals surface area contributed by atoms with E-state index < -0.39 is 0 Å². The minimum Gasteiger partial charge on any atom is -0.503 e. The van der Waals surface area contributed by atoms with Gasteiger partial charge in [-0.3, -0.25) is 4.79 Å². The molecule has 1 N–H and O–H groups in total. The van der Waals surface area contributed by atoms with E-state index in [0.717, 1.165) is 16.7 Å². The van der Waals surface area contributed by atoms with Crippen molar-refractivity contribution in [1.29, 1.82) is 0 Å². The van der Waals surface area contributed by atoms with Gasteiger partial charge in [-0.1, -0.05) is 91.0 Å². The van der Waals surface area contributed by atoms with Crippen molar-refractivity contribution in [1.82, 2.24) is 4.90 Å². The van der Waals surface area contributed by atoms with E-state index in [2.05, 4.69) is 0 Å². The highest BCUT2D eigenvalue weighted by molar-refractivity contribution is 6.05. The summed E-state index contributed by atoms with van der Waals surface area (Å²) in [5, 5.41) is 10.7. The van der Waals surface area contributed by atoms with E-state index in [0.29, 0.717) is 12.1 Å². The van der Waals surface area contributed by atoms with Gasteiger partial charge in [-0.05, 0) is 16.7 Å². The summed E-state index contributed by atoms with van der Waals surface area (Å²) in [5.74, 6) is -0.498. The molecule has 128 valence electrons. The molecule has 26 heavy (non-hydrogen) atoms. The summed E-state index contributed by atoms with van der Waals surface area (Å²) in [5.41, 5.74) is 3.55. The largest absolute Gasteiger partial charge is 0.503 e. The number of aliphatic hydroxyl groups excluding tert-OH is 1. The predicted molar refractivity (Wildman–Crippen MR) is 102 cm³/mol. The Bertz CT molecular complexity index is 934. The number of benzene rings is 3. The van der Waals surface area contributed by atoms with Crippen LogP contribution in [0.1, 0.15) is 22.7 Å². The van der Waals surface area contributed by atoms with Crippen LogP contribution in [-0.2, 0) is 11.3 Å². The first-order valence-electron chi connectivity index (χ1n) is 8.64. The van der Waals surface area contributed by atoms with Gasteiger partial charge in [-0.2, -0.15) is 0 Å². The van der Waals surface area contributed by atoms with Crippen molar-refractivity contribution in [2.75, 3.05) is 0 Å². The lowest BCUT2D eigenvalue weighted by Crippen LogP contribution is -2.29. The standard InChI is InChI=1S/C23H19NO2/c25-22-20(18-12-6-2-7-13-18)21(19-14-8-3-9-15-19)24(23(22)26)16-17-10-4-1-5-11-17/h1-15,21,25H,16H2. The quantitative estimate of drug-likeness (QED) is 0.744. The molecule has 1 heterocycles. The van der Waals surface area contributed by atoms with E-state index in [1.54, 1.807) is 4.90 Å². The highest BCUT2D eigenvalue weighted by Gasteiger charge is 2.40. The zero-order valence-corrected chi connectivity index (χ0v) is 14.2. The number of rotatable bonds is 4. The second-order valence-corrected chi connectivity index (χ2v) is 6.36. The van der Waals surface area contributed by atoms with Crippen LogP contribution in [0.5, 0.6) is 0 Å². The number of hydrogen-bond donors (Lipinski definition) is 1. The van der Waals surface area contributed by atoms with Crippen LogP contribution in [-0.4, -0.2) is 15.9 Å². The van der Waals surface area contributed by atoms with E-state index in [9.17, 15) is 9.90 Å². The second-order valence-electron chi connectivity index (χ2n) is 6.36. The molecule has 4 rings (SSSR count). The van der Waals surface area contributed by atoms with Crippen LogP contribution < -0.4 is 0 Å². The maximum Gasteiger partial charge on any atom is 0.290 e. The number of nitrogens with zero attached hydrogens (tertiary/aromatic N) is 1. The van der Waals surface area contributed by atoms with Crippen LogP contribution in [0.25, 0.3) is 5.57 Å². The Labute approximate surface area is 152 Å². The molecule has 3 nitrogen and oxygen atoms in total. The third kappa shape index (κ3) is 2.88. The minimum atomic E-state index is -0.332. The lowest BCUT2D eigenvalue weighted by molar-refractivity contribution is -0.130. The maximum atomic E-state index is 12.9. The van der Waals surface area contributed by atoms with Crippen molar-refractivity contribution >= 4 is 11.5 Å². The van der Waals surface area contributed by atoms with Gasteiger partial charge in [-0.15, -0.1) is 0 Å². The fraction of sp³-hybridized carbons (Fsp3) is 0.0870. The monoisotopic (exact) mass is 341 g/mol. The highest BCUT2D eigenvalue weighted by atomic mass is 16.3. The molecule has 0 saturated carbocycles. The second kappa shape index (κ2) is 6.89. The van der Waals surface area contributed by atoms with E-state index in [-0.39, 0.29) is 17.7 Å². The number of carbonyl (C=O) groups is 1. The number of amides is 1. The van der Waals surface area contributed by atoms with Crippen LogP contribution in [0.2, 0.25) is 0 Å². The number of hydrogen-bond acceptors (Lipinski definition) is 2. The van der Waals surface area contributed by atoms with Crippen molar-refractivity contribution in [2.45, 2.75) is 12.6 Å². The summed E-state index contributed by atoms with van der Waals surface area (Å²) < 4.78 is 0. The Morgan fingerprint density at radius 3 is 1.92 bits per heavy atom. The van der Waals surface area contributed by atoms with Gasteiger partial charge in [0.2, 0.25) is 0 Å². The first-order chi connectivity index (χ1) is 12.8. The number of carbonyl (C=O) groups excluding carboxylic acids is 1. The molecule has 0 saturated heterocycles. The summed E-state index contributed by atoms with van der Waals surface area (Å²) in [6.07, 6.45) is 0. The van der Waals surface area contributed by atoms with Crippen LogP contribution >= 0.6 is 0 Å². The Morgan fingerprint density at radius 1 is 0.769 bits per heavy atom. The summed E-state index contributed by atoms with van der Waals surface area (Å²) in [6, 6.07) is 29.0. The van der Waals surface area contributed by atoms with Crippen molar-refractivity contribution in [3.63, 3.8) is 0 Å². The molecule has 1 unspecified atom stereocenters. The summed E-state index contributed by atoms with van der Waals surface area (Å²) in [7, 11) is 0. The summed E-state index contributed by atoms with van der Waals surface area (Å²) in [6.45, 7) is 0.444. The number of aliphatic hydroxyl groups is 1. The Kier molecular flexibility index (Phi) is 4.28. The molecular weight excluding hydrogens is 322 g/mol. The van der Waals surface area contributed by atoms with E-state index in [1.807, 2.05) is 91.0 Å². The third-order valence-electron chi connectivity index (χ3n) is 4.70. The SMILES string of the molecule is O=C1C(O)=C(c2ccccc2)C(c2ccccc2)N1Cc1ccccc1. The zero-order valence-electron chi connectivity index (χ0n) is 14.2. The Balaban J connectivity index is 1.81. The lowest BCUT2D eigenvalue weighted by atomic mass is 9.93. The van der Waals surface area contributed by atoms with Gasteiger partial charge in [0.15, 0.2) is 5.76 Å². The van der Waals surface area contributed by atoms with Crippen molar-refractivity contribution in [3.8, 4) is 0 Å². The average Bonchev–Trinajstić information content (AvgIpc) is 2.95. The van der Waals surface area contributed by atoms with Crippen LogP contribution in [0.4, 0.5) is 0 Å². The molecule has 1 aliphatic rings. The predicted octanol–water partition coefficient (Wildman–Crippen LogP) is 4.74. The minimum absolute atomic E-state index is 0.166. The van der Waals surface area contributed by atoms with Gasteiger partial charge in [-0.25, -0.2) is 0 Å². The van der Waals surface area contributed by atoms with Crippen LogP contribution in [0, 0.1) is 0 Å². The van der Waals surface area contributed by atoms with Gasteiger partial charge in [0, 0.05) is 12.1 Å². The van der Waals surface area contributed by atoms with Gasteiger partial charge in [0.1, 0.15) is 0 Å². The molecule has 1 aliphatic heterocycles. The van der Waals surface area contributed by atoms with Crippen LogP contribution in [0.15, 0.2) is 96.8 Å². The Morgan fingerprint density at radius 2 is 1.31 bits per heavy atom. The molecule has 0 radical (unpaired) electrons. The van der Waals surface area contributed by atoms with E-state index in [1.165, 1.54) is 0 Å². The van der Waals surface area contributed by atoms with Crippen molar-refractivity contribution in [2.24, 2.45) is 0 Å². The van der Waals surface area contributed by atoms with E-state index in [4.69, 9.17) is 0 Å². The molecule has 1 amide bonds. The summed E-state index contributed by atoms with van der Waals surface area (Å²) in [4.78, 5) is 14.6. The lowest BCUT2D eigenvalue weighted by Gasteiger charge is -2.27. The first kappa shape index (κ1) is 16.2. The molecule has 0 fully saturated rings. The molecule has 3 heteroatoms. The van der Waals surface area contributed by atoms with Gasteiger partial charge in [0.05, 0.1) is 6.04 Å². The first-order valence-corrected chi connectivity index (χ1v) is 8.64. The highest BCUT2D eigenvalue weighted by Crippen LogP contribution is 2.43. The zero-order chi connectivity index (χ0) is 17.9. The molecule has 1 atom stereocenters. The smallest absolute Gasteiger partial charge is 0.290 e. The summed E-state index contributed by atoms with van der Waals surface area (Å²) >= 11 is 0. The molecule has 3 aromatic rings. The molecular formula is C23H19NO2. The third-order valence-corrected chi connectivity index (χ3v) is 4.70. The normalized spacial score (nSPS) is 17.0.